The minimum absolute atomic E-state index is 0.220. The van der Waals surface area contributed by atoms with Crippen LogP contribution in [0.1, 0.15) is 29.9 Å². The predicted molar refractivity (Wildman–Crippen MR) is 163 cm³/mol. The maximum atomic E-state index is 13.5. The number of benzene rings is 2. The summed E-state index contributed by atoms with van der Waals surface area (Å²) >= 11 is 1.83. The highest BCUT2D eigenvalue weighted by molar-refractivity contribution is 7.98. The lowest BCUT2D eigenvalue weighted by molar-refractivity contribution is 0.195. The van der Waals surface area contributed by atoms with E-state index in [1.165, 1.54) is 12.1 Å². The largest absolute Gasteiger partial charge is 0.464 e. The van der Waals surface area contributed by atoms with Gasteiger partial charge in [0.1, 0.15) is 17.3 Å². The van der Waals surface area contributed by atoms with Gasteiger partial charge in [-0.15, -0.1) is 0 Å². The molecule has 6 rings (SSSR count). The number of furan rings is 1. The van der Waals surface area contributed by atoms with E-state index in [-0.39, 0.29) is 5.82 Å². The number of nitrogens with one attached hydrogen (secondary N) is 2. The minimum Gasteiger partial charge on any atom is -0.464 e. The van der Waals surface area contributed by atoms with Gasteiger partial charge in [-0.2, -0.15) is 11.8 Å². The molecule has 8 nitrogen and oxygen atoms in total. The summed E-state index contributed by atoms with van der Waals surface area (Å²) in [5.41, 5.74) is 3.08. The second-order valence-electron chi connectivity index (χ2n) is 10.3. The molecule has 0 amide bonds. The standard InChI is InChI=1S/C31H34FN7OS/c32-24-8-6-23(7-9-24)20-39-29-5-2-1-4-28(29)37-31(39)36-25-12-17-38(18-13-25)21-26-10-11-27(40-26)22-41-19-16-35-30-33-14-3-15-34-30/h1-11,14-15,25H,12-13,16-22H2,(H,36,37)(H,33,34,35). The van der Waals surface area contributed by atoms with E-state index < -0.39 is 0 Å². The van der Waals surface area contributed by atoms with Crippen LogP contribution < -0.4 is 10.6 Å². The number of hydrogen-bond donors (Lipinski definition) is 2. The predicted octanol–water partition coefficient (Wildman–Crippen LogP) is 6.03. The molecule has 0 atom stereocenters. The van der Waals surface area contributed by atoms with Crippen molar-refractivity contribution in [1.82, 2.24) is 24.4 Å². The summed E-state index contributed by atoms with van der Waals surface area (Å²) in [7, 11) is 0. The third-order valence-electron chi connectivity index (χ3n) is 7.27. The van der Waals surface area contributed by atoms with E-state index in [0.717, 1.165) is 84.6 Å². The van der Waals surface area contributed by atoms with Crippen LogP contribution >= 0.6 is 11.8 Å². The molecule has 1 fully saturated rings. The van der Waals surface area contributed by atoms with Gasteiger partial charge >= 0.3 is 0 Å². The molecule has 0 radical (unpaired) electrons. The Morgan fingerprint density at radius 1 is 0.902 bits per heavy atom. The lowest BCUT2D eigenvalue weighted by atomic mass is 10.1. The van der Waals surface area contributed by atoms with Crippen LogP contribution in [0.3, 0.4) is 0 Å². The molecule has 2 N–H and O–H groups in total. The van der Waals surface area contributed by atoms with Gasteiger partial charge in [0.15, 0.2) is 0 Å². The maximum Gasteiger partial charge on any atom is 0.222 e. The van der Waals surface area contributed by atoms with Crippen molar-refractivity contribution in [3.05, 3.63) is 102 Å². The Labute approximate surface area is 243 Å². The molecule has 0 unspecified atom stereocenters. The van der Waals surface area contributed by atoms with Crippen LogP contribution in [0.25, 0.3) is 11.0 Å². The van der Waals surface area contributed by atoms with Crippen molar-refractivity contribution in [2.24, 2.45) is 0 Å². The fraction of sp³-hybridized carbons (Fsp3) is 0.323. The molecular formula is C31H34FN7OS. The number of para-hydroxylation sites is 2. The molecule has 10 heteroatoms. The van der Waals surface area contributed by atoms with Crippen molar-refractivity contribution in [1.29, 1.82) is 0 Å². The molecular weight excluding hydrogens is 537 g/mol. The monoisotopic (exact) mass is 571 g/mol. The number of aromatic nitrogens is 4. The molecule has 1 saturated heterocycles. The number of imidazole rings is 1. The number of piperidine rings is 1. The fourth-order valence-corrected chi connectivity index (χ4v) is 5.89. The molecule has 212 valence electrons. The summed E-state index contributed by atoms with van der Waals surface area (Å²) in [6.45, 7) is 4.27. The van der Waals surface area contributed by atoms with Crippen LogP contribution in [0.15, 0.2) is 83.5 Å². The Hall–Kier alpha value is -3.89. The van der Waals surface area contributed by atoms with Crippen LogP contribution in [-0.2, 0) is 18.8 Å². The summed E-state index contributed by atoms with van der Waals surface area (Å²) in [6.07, 6.45) is 5.53. The molecule has 3 aromatic heterocycles. The quantitative estimate of drug-likeness (QED) is 0.176. The van der Waals surface area contributed by atoms with E-state index in [2.05, 4.69) is 48.3 Å². The Kier molecular flexibility index (Phi) is 8.77. The molecule has 0 aliphatic carbocycles. The number of halogens is 1. The van der Waals surface area contributed by atoms with Crippen LogP contribution in [0.5, 0.6) is 0 Å². The van der Waals surface area contributed by atoms with Crippen molar-refractivity contribution in [2.75, 3.05) is 36.0 Å². The molecule has 1 aliphatic rings. The summed E-state index contributed by atoms with van der Waals surface area (Å²) in [6, 6.07) is 21.2. The number of nitrogens with zero attached hydrogens (tertiary/aromatic N) is 5. The van der Waals surface area contributed by atoms with Gasteiger partial charge in [0.25, 0.3) is 0 Å². The van der Waals surface area contributed by atoms with Crippen molar-refractivity contribution in [3.8, 4) is 0 Å². The zero-order chi connectivity index (χ0) is 27.9. The molecule has 1 aliphatic heterocycles. The van der Waals surface area contributed by atoms with Gasteiger partial charge in [-0.05, 0) is 60.9 Å². The van der Waals surface area contributed by atoms with Crippen molar-refractivity contribution >= 4 is 34.7 Å². The first-order valence-electron chi connectivity index (χ1n) is 14.0. The smallest absolute Gasteiger partial charge is 0.222 e. The summed E-state index contributed by atoms with van der Waals surface area (Å²) in [5.74, 6) is 5.14. The topological polar surface area (TPSA) is 84.0 Å². The molecule has 4 heterocycles. The van der Waals surface area contributed by atoms with E-state index in [1.807, 2.05) is 48.2 Å². The van der Waals surface area contributed by atoms with Crippen LogP contribution in [0, 0.1) is 5.82 Å². The van der Waals surface area contributed by atoms with Gasteiger partial charge in [-0.25, -0.2) is 19.3 Å². The Morgan fingerprint density at radius 2 is 1.68 bits per heavy atom. The van der Waals surface area contributed by atoms with E-state index in [0.29, 0.717) is 18.5 Å². The summed E-state index contributed by atoms with van der Waals surface area (Å²) < 4.78 is 21.8. The van der Waals surface area contributed by atoms with E-state index in [4.69, 9.17) is 9.40 Å². The fourth-order valence-electron chi connectivity index (χ4n) is 5.14. The maximum absolute atomic E-state index is 13.5. The van der Waals surface area contributed by atoms with Crippen molar-refractivity contribution in [2.45, 2.75) is 37.7 Å². The first-order chi connectivity index (χ1) is 20.2. The lowest BCUT2D eigenvalue weighted by Gasteiger charge is -2.32. The van der Waals surface area contributed by atoms with Crippen LogP contribution in [-0.4, -0.2) is 55.8 Å². The highest BCUT2D eigenvalue weighted by atomic mass is 32.2. The first-order valence-corrected chi connectivity index (χ1v) is 15.2. The molecule has 0 spiro atoms. The van der Waals surface area contributed by atoms with Gasteiger partial charge in [-0.3, -0.25) is 4.90 Å². The first kappa shape index (κ1) is 27.3. The Balaban J connectivity index is 0.976. The molecule has 41 heavy (non-hydrogen) atoms. The number of likely N-dealkylation sites (tertiary alicyclic amines) is 1. The number of rotatable bonds is 12. The number of hydrogen-bond acceptors (Lipinski definition) is 8. The molecule has 2 aromatic carbocycles. The molecule has 0 bridgehead atoms. The van der Waals surface area contributed by atoms with Gasteiger partial charge in [0.05, 0.1) is 29.9 Å². The third-order valence-corrected chi connectivity index (χ3v) is 8.25. The number of thioether (sulfide) groups is 1. The van der Waals surface area contributed by atoms with Gasteiger partial charge in [0.2, 0.25) is 11.9 Å². The zero-order valence-electron chi connectivity index (χ0n) is 22.9. The van der Waals surface area contributed by atoms with Gasteiger partial charge in [-0.1, -0.05) is 24.3 Å². The number of fused-ring (bicyclic) bond motifs is 1. The molecule has 5 aromatic rings. The van der Waals surface area contributed by atoms with Crippen LogP contribution in [0.2, 0.25) is 0 Å². The lowest BCUT2D eigenvalue weighted by Crippen LogP contribution is -2.39. The normalized spacial score (nSPS) is 14.5. The highest BCUT2D eigenvalue weighted by Crippen LogP contribution is 2.25. The zero-order valence-corrected chi connectivity index (χ0v) is 23.7. The van der Waals surface area contributed by atoms with Crippen molar-refractivity contribution in [3.63, 3.8) is 0 Å². The second kappa shape index (κ2) is 13.2. The van der Waals surface area contributed by atoms with E-state index in [1.54, 1.807) is 12.4 Å². The minimum atomic E-state index is -0.220. The second-order valence-corrected chi connectivity index (χ2v) is 11.4. The SMILES string of the molecule is Fc1ccc(Cn2c(NC3CCN(Cc4ccc(CSCCNc5ncccn5)o4)CC3)nc3ccccc32)cc1. The van der Waals surface area contributed by atoms with E-state index in [9.17, 15) is 4.39 Å². The molecule has 0 saturated carbocycles. The average molecular weight is 572 g/mol. The summed E-state index contributed by atoms with van der Waals surface area (Å²) in [5, 5.41) is 6.94. The third kappa shape index (κ3) is 7.25. The van der Waals surface area contributed by atoms with Crippen molar-refractivity contribution < 1.29 is 8.81 Å². The van der Waals surface area contributed by atoms with E-state index >= 15 is 0 Å². The van der Waals surface area contributed by atoms with Gasteiger partial charge < -0.3 is 19.6 Å². The number of anilines is 2. The highest BCUT2D eigenvalue weighted by Gasteiger charge is 2.22. The Morgan fingerprint density at radius 3 is 2.51 bits per heavy atom. The van der Waals surface area contributed by atoms with Gasteiger partial charge in [0, 0.05) is 43.8 Å². The average Bonchev–Trinajstić information content (AvgIpc) is 3.59. The summed E-state index contributed by atoms with van der Waals surface area (Å²) in [4.78, 5) is 15.7. The van der Waals surface area contributed by atoms with Crippen LogP contribution in [0.4, 0.5) is 16.3 Å². The Bertz CT molecular complexity index is 1530.